The summed E-state index contributed by atoms with van der Waals surface area (Å²) in [6.45, 7) is 4.83. The minimum atomic E-state index is -0.178. The van der Waals surface area contributed by atoms with Crippen molar-refractivity contribution in [1.29, 1.82) is 0 Å². The van der Waals surface area contributed by atoms with Crippen molar-refractivity contribution in [1.82, 2.24) is 30.2 Å². The molecule has 10 heteroatoms. The largest absolute Gasteiger partial charge is 0.393 e. The van der Waals surface area contributed by atoms with Gasteiger partial charge in [0.1, 0.15) is 16.2 Å². The number of thiazole rings is 1. The molecule has 4 heterocycles. The van der Waals surface area contributed by atoms with E-state index in [9.17, 15) is 5.11 Å². The average molecular weight is 441 g/mol. The van der Waals surface area contributed by atoms with Crippen molar-refractivity contribution in [2.75, 3.05) is 36.8 Å². The standard InChI is InChI=1S/C21H28N8OS/c30-16-5-3-14(4-6-16)24-20-25-15(13-29-10-8-22-9-11-29)12-18(27-20)28-21-26-17-2-1-7-23-19(17)31-21/h1-2,7,12,14,16,22,30H,3-6,8-11,13H2,(H2,24,25,26,27,28). The van der Waals surface area contributed by atoms with E-state index >= 15 is 0 Å². The maximum Gasteiger partial charge on any atom is 0.225 e. The van der Waals surface area contributed by atoms with Gasteiger partial charge in [0.15, 0.2) is 5.13 Å². The number of aromatic nitrogens is 4. The molecule has 0 amide bonds. The summed E-state index contributed by atoms with van der Waals surface area (Å²) in [5.41, 5.74) is 1.86. The lowest BCUT2D eigenvalue weighted by Gasteiger charge is -2.28. The second-order valence-corrected chi connectivity index (χ2v) is 9.19. The van der Waals surface area contributed by atoms with Crippen molar-refractivity contribution in [3.05, 3.63) is 30.1 Å². The predicted molar refractivity (Wildman–Crippen MR) is 123 cm³/mol. The molecule has 1 aliphatic carbocycles. The van der Waals surface area contributed by atoms with Gasteiger partial charge in [-0.05, 0) is 37.8 Å². The molecule has 164 valence electrons. The van der Waals surface area contributed by atoms with Crippen molar-refractivity contribution < 1.29 is 5.11 Å². The van der Waals surface area contributed by atoms with Gasteiger partial charge in [-0.3, -0.25) is 4.90 Å². The third-order valence-electron chi connectivity index (χ3n) is 5.81. The first-order valence-corrected chi connectivity index (χ1v) is 11.8. The molecule has 3 aromatic rings. The van der Waals surface area contributed by atoms with Gasteiger partial charge in [0.05, 0.1) is 11.8 Å². The molecule has 9 nitrogen and oxygen atoms in total. The molecule has 0 bridgehead atoms. The summed E-state index contributed by atoms with van der Waals surface area (Å²) < 4.78 is 0. The third kappa shape index (κ3) is 5.27. The van der Waals surface area contributed by atoms with E-state index in [1.54, 1.807) is 6.20 Å². The highest BCUT2D eigenvalue weighted by Gasteiger charge is 2.21. The lowest BCUT2D eigenvalue weighted by Crippen LogP contribution is -2.43. The minimum absolute atomic E-state index is 0.178. The molecule has 4 N–H and O–H groups in total. The summed E-state index contributed by atoms with van der Waals surface area (Å²) in [5, 5.41) is 20.8. The van der Waals surface area contributed by atoms with Crippen molar-refractivity contribution in [3.8, 4) is 0 Å². The zero-order chi connectivity index (χ0) is 21.0. The first-order valence-electron chi connectivity index (χ1n) is 11.0. The Hall–Kier alpha value is -2.40. The van der Waals surface area contributed by atoms with E-state index in [4.69, 9.17) is 9.97 Å². The highest BCUT2D eigenvalue weighted by molar-refractivity contribution is 7.21. The van der Waals surface area contributed by atoms with E-state index in [1.807, 2.05) is 18.2 Å². The number of aliphatic hydroxyl groups is 1. The quantitative estimate of drug-likeness (QED) is 0.459. The molecule has 1 aliphatic heterocycles. The van der Waals surface area contributed by atoms with E-state index in [2.05, 4.69) is 30.8 Å². The maximum absolute atomic E-state index is 9.80. The zero-order valence-electron chi connectivity index (χ0n) is 17.4. The van der Waals surface area contributed by atoms with Crippen LogP contribution in [-0.2, 0) is 6.54 Å². The molecule has 0 radical (unpaired) electrons. The van der Waals surface area contributed by atoms with Crippen LogP contribution in [0.5, 0.6) is 0 Å². The van der Waals surface area contributed by atoms with Crippen LogP contribution in [0.15, 0.2) is 24.4 Å². The van der Waals surface area contributed by atoms with Crippen LogP contribution < -0.4 is 16.0 Å². The Morgan fingerprint density at radius 3 is 2.77 bits per heavy atom. The van der Waals surface area contributed by atoms with Crippen LogP contribution in [0, 0.1) is 0 Å². The van der Waals surface area contributed by atoms with Crippen molar-refractivity contribution >= 4 is 38.6 Å². The molecule has 0 spiro atoms. The monoisotopic (exact) mass is 440 g/mol. The van der Waals surface area contributed by atoms with Crippen LogP contribution in [0.3, 0.4) is 0 Å². The Morgan fingerprint density at radius 1 is 1.13 bits per heavy atom. The van der Waals surface area contributed by atoms with Crippen LogP contribution in [0.1, 0.15) is 31.4 Å². The Balaban J connectivity index is 1.37. The zero-order valence-corrected chi connectivity index (χ0v) is 18.2. The molecular formula is C21H28N8OS. The van der Waals surface area contributed by atoms with E-state index in [1.165, 1.54) is 11.3 Å². The molecule has 1 saturated carbocycles. The molecule has 0 unspecified atom stereocenters. The van der Waals surface area contributed by atoms with Crippen LogP contribution in [0.25, 0.3) is 10.3 Å². The summed E-state index contributed by atoms with van der Waals surface area (Å²) in [4.78, 5) is 21.8. The van der Waals surface area contributed by atoms with Gasteiger partial charge in [-0.1, -0.05) is 11.3 Å². The smallest absolute Gasteiger partial charge is 0.225 e. The van der Waals surface area contributed by atoms with Crippen LogP contribution in [0.2, 0.25) is 0 Å². The molecule has 2 fully saturated rings. The predicted octanol–water partition coefficient (Wildman–Crippen LogP) is 2.35. The first kappa shape index (κ1) is 20.5. The molecule has 31 heavy (non-hydrogen) atoms. The number of aliphatic hydroxyl groups excluding tert-OH is 1. The molecule has 0 atom stereocenters. The lowest BCUT2D eigenvalue weighted by atomic mass is 9.93. The molecule has 3 aromatic heterocycles. The number of nitrogens with zero attached hydrogens (tertiary/aromatic N) is 5. The highest BCUT2D eigenvalue weighted by atomic mass is 32.1. The second kappa shape index (κ2) is 9.39. The van der Waals surface area contributed by atoms with Gasteiger partial charge in [0.2, 0.25) is 5.95 Å². The molecule has 1 saturated heterocycles. The van der Waals surface area contributed by atoms with Crippen molar-refractivity contribution in [3.63, 3.8) is 0 Å². The average Bonchev–Trinajstić information content (AvgIpc) is 3.18. The summed E-state index contributed by atoms with van der Waals surface area (Å²) >= 11 is 1.51. The van der Waals surface area contributed by atoms with Gasteiger partial charge in [0, 0.05) is 51.0 Å². The fourth-order valence-corrected chi connectivity index (χ4v) is 4.96. The second-order valence-electron chi connectivity index (χ2n) is 8.22. The lowest BCUT2D eigenvalue weighted by molar-refractivity contribution is 0.126. The molecule has 2 aliphatic rings. The molecular weight excluding hydrogens is 412 g/mol. The highest BCUT2D eigenvalue weighted by Crippen LogP contribution is 2.27. The van der Waals surface area contributed by atoms with Gasteiger partial charge < -0.3 is 21.1 Å². The number of nitrogens with one attached hydrogen (secondary N) is 3. The Morgan fingerprint density at radius 2 is 1.97 bits per heavy atom. The van der Waals surface area contributed by atoms with Crippen LogP contribution in [0.4, 0.5) is 16.9 Å². The summed E-state index contributed by atoms with van der Waals surface area (Å²) in [6, 6.07) is 6.16. The number of pyridine rings is 1. The van der Waals surface area contributed by atoms with Gasteiger partial charge >= 0.3 is 0 Å². The first-order chi connectivity index (χ1) is 15.2. The normalized spacial score (nSPS) is 22.5. The van der Waals surface area contributed by atoms with Crippen molar-refractivity contribution in [2.45, 2.75) is 44.4 Å². The van der Waals surface area contributed by atoms with Gasteiger partial charge in [0.25, 0.3) is 0 Å². The molecule has 5 rings (SSSR count). The van der Waals surface area contributed by atoms with Crippen LogP contribution in [-0.4, -0.2) is 68.3 Å². The van der Waals surface area contributed by atoms with Gasteiger partial charge in [-0.25, -0.2) is 15.0 Å². The minimum Gasteiger partial charge on any atom is -0.393 e. The Labute approximate surface area is 185 Å². The Kier molecular flexibility index (Phi) is 6.21. The van der Waals surface area contributed by atoms with E-state index in [-0.39, 0.29) is 12.1 Å². The summed E-state index contributed by atoms with van der Waals surface area (Å²) in [7, 11) is 0. The van der Waals surface area contributed by atoms with Crippen molar-refractivity contribution in [2.24, 2.45) is 0 Å². The fraction of sp³-hybridized carbons (Fsp3) is 0.524. The maximum atomic E-state index is 9.80. The number of rotatable bonds is 6. The number of piperazine rings is 1. The number of fused-ring (bicyclic) bond motifs is 1. The number of anilines is 3. The number of hydrogen-bond donors (Lipinski definition) is 4. The van der Waals surface area contributed by atoms with Gasteiger partial charge in [-0.2, -0.15) is 4.98 Å². The fourth-order valence-electron chi connectivity index (χ4n) is 4.14. The summed E-state index contributed by atoms with van der Waals surface area (Å²) in [6.07, 6.45) is 5.11. The Bertz CT molecular complexity index is 981. The van der Waals surface area contributed by atoms with E-state index in [0.29, 0.717) is 5.95 Å². The topological polar surface area (TPSA) is 111 Å². The van der Waals surface area contributed by atoms with E-state index in [0.717, 1.165) is 85.4 Å². The molecule has 0 aromatic carbocycles. The number of hydrogen-bond acceptors (Lipinski definition) is 10. The third-order valence-corrected chi connectivity index (χ3v) is 6.70. The van der Waals surface area contributed by atoms with Gasteiger partial charge in [-0.15, -0.1) is 0 Å². The SMILES string of the molecule is OC1CCC(Nc2nc(CN3CCNCC3)cc(Nc3nc4cccnc4s3)n2)CC1. The van der Waals surface area contributed by atoms with Crippen LogP contribution >= 0.6 is 11.3 Å². The van der Waals surface area contributed by atoms with E-state index < -0.39 is 0 Å². The summed E-state index contributed by atoms with van der Waals surface area (Å²) in [5.74, 6) is 1.37.